The van der Waals surface area contributed by atoms with Crippen LogP contribution in [0, 0.1) is 5.92 Å². The van der Waals surface area contributed by atoms with E-state index in [4.69, 9.17) is 9.84 Å². The zero-order valence-electron chi connectivity index (χ0n) is 10.2. The first-order valence-corrected chi connectivity index (χ1v) is 5.94. The van der Waals surface area contributed by atoms with Crippen LogP contribution < -0.4 is 10.1 Å². The molecule has 1 aromatic rings. The Kier molecular flexibility index (Phi) is 3.72. The maximum Gasteiger partial charge on any atom is 0.320 e. The van der Waals surface area contributed by atoms with E-state index in [1.807, 2.05) is 0 Å². The van der Waals surface area contributed by atoms with Gasteiger partial charge >= 0.3 is 5.97 Å². The smallest absolute Gasteiger partial charge is 0.320 e. The summed E-state index contributed by atoms with van der Waals surface area (Å²) < 4.78 is 5.01. The van der Waals surface area contributed by atoms with E-state index in [-0.39, 0.29) is 11.7 Å². The lowest BCUT2D eigenvalue weighted by Crippen LogP contribution is -2.38. The molecule has 1 atom stereocenters. The third kappa shape index (κ3) is 2.73. The molecule has 1 unspecified atom stereocenters. The number of benzene rings is 1. The van der Waals surface area contributed by atoms with Crippen LogP contribution >= 0.6 is 0 Å². The third-order valence-corrected chi connectivity index (χ3v) is 3.17. The molecule has 1 fully saturated rings. The SMILES string of the molecule is COc1cccc(CNC(C(=O)O)C2CC2)c1O. The molecule has 0 saturated heterocycles. The van der Waals surface area contributed by atoms with Gasteiger partial charge in [0.15, 0.2) is 11.5 Å². The van der Waals surface area contributed by atoms with E-state index < -0.39 is 12.0 Å². The number of hydrogen-bond donors (Lipinski definition) is 3. The number of aromatic hydroxyl groups is 1. The van der Waals surface area contributed by atoms with Gasteiger partial charge in [0.1, 0.15) is 6.04 Å². The number of hydrogen-bond acceptors (Lipinski definition) is 4. The summed E-state index contributed by atoms with van der Waals surface area (Å²) in [6, 6.07) is 4.64. The van der Waals surface area contributed by atoms with Crippen LogP contribution in [0.4, 0.5) is 0 Å². The highest BCUT2D eigenvalue weighted by Crippen LogP contribution is 2.34. The number of aliphatic carboxylic acids is 1. The first-order chi connectivity index (χ1) is 8.63. The second-order valence-electron chi connectivity index (χ2n) is 4.50. The fraction of sp³-hybridized carbons (Fsp3) is 0.462. The maximum absolute atomic E-state index is 11.1. The van der Waals surface area contributed by atoms with Crippen molar-refractivity contribution in [3.05, 3.63) is 23.8 Å². The summed E-state index contributed by atoms with van der Waals surface area (Å²) in [5, 5.41) is 21.9. The van der Waals surface area contributed by atoms with E-state index in [2.05, 4.69) is 5.32 Å². The van der Waals surface area contributed by atoms with Gasteiger partial charge in [-0.05, 0) is 24.8 Å². The number of methoxy groups -OCH3 is 1. The van der Waals surface area contributed by atoms with Crippen molar-refractivity contribution in [2.75, 3.05) is 7.11 Å². The number of ether oxygens (including phenoxy) is 1. The summed E-state index contributed by atoms with van der Waals surface area (Å²) >= 11 is 0. The number of carboxylic acids is 1. The fourth-order valence-electron chi connectivity index (χ4n) is 1.98. The lowest BCUT2D eigenvalue weighted by Gasteiger charge is -2.15. The maximum atomic E-state index is 11.1. The molecule has 1 aromatic carbocycles. The summed E-state index contributed by atoms with van der Waals surface area (Å²) in [5.41, 5.74) is 0.640. The minimum atomic E-state index is -0.833. The predicted octanol–water partition coefficient (Wildman–Crippen LogP) is 1.35. The number of nitrogens with one attached hydrogen (secondary N) is 1. The Morgan fingerprint density at radius 2 is 2.28 bits per heavy atom. The molecular formula is C13H17NO4. The fourth-order valence-corrected chi connectivity index (χ4v) is 1.98. The topological polar surface area (TPSA) is 78.8 Å². The van der Waals surface area contributed by atoms with Crippen LogP contribution in [0.1, 0.15) is 18.4 Å². The molecule has 1 aliphatic rings. The van der Waals surface area contributed by atoms with Crippen molar-refractivity contribution in [2.45, 2.75) is 25.4 Å². The largest absolute Gasteiger partial charge is 0.504 e. The van der Waals surface area contributed by atoms with Crippen molar-refractivity contribution in [2.24, 2.45) is 5.92 Å². The van der Waals surface area contributed by atoms with E-state index in [1.165, 1.54) is 7.11 Å². The summed E-state index contributed by atoms with van der Waals surface area (Å²) in [5.74, 6) is -0.157. The van der Waals surface area contributed by atoms with Gasteiger partial charge in [0.25, 0.3) is 0 Å². The normalized spacial score (nSPS) is 16.3. The van der Waals surface area contributed by atoms with E-state index in [1.54, 1.807) is 18.2 Å². The molecule has 0 bridgehead atoms. The Bertz CT molecular complexity index is 443. The standard InChI is InChI=1S/C13H17NO4/c1-18-10-4-2-3-9(12(10)15)7-14-11(13(16)17)8-5-6-8/h2-4,8,11,14-15H,5-7H2,1H3,(H,16,17). The molecule has 98 valence electrons. The van der Waals surface area contributed by atoms with Gasteiger partial charge in [0.2, 0.25) is 0 Å². The second-order valence-corrected chi connectivity index (χ2v) is 4.50. The summed E-state index contributed by atoms with van der Waals surface area (Å²) in [4.78, 5) is 11.1. The molecule has 0 radical (unpaired) electrons. The van der Waals surface area contributed by atoms with Crippen molar-refractivity contribution in [1.29, 1.82) is 0 Å². The van der Waals surface area contributed by atoms with Gasteiger partial charge in [0, 0.05) is 12.1 Å². The van der Waals surface area contributed by atoms with Crippen molar-refractivity contribution in [1.82, 2.24) is 5.32 Å². The van der Waals surface area contributed by atoms with Gasteiger partial charge in [-0.1, -0.05) is 12.1 Å². The van der Waals surface area contributed by atoms with Crippen molar-refractivity contribution in [3.8, 4) is 11.5 Å². The number of carboxylic acid groups (broad SMARTS) is 1. The van der Waals surface area contributed by atoms with E-state index >= 15 is 0 Å². The Balaban J connectivity index is 2.03. The molecule has 0 aromatic heterocycles. The summed E-state index contributed by atoms with van der Waals surface area (Å²) in [6.45, 7) is 0.316. The van der Waals surface area contributed by atoms with Crippen molar-refractivity contribution in [3.63, 3.8) is 0 Å². The summed E-state index contributed by atoms with van der Waals surface area (Å²) in [7, 11) is 1.48. The second kappa shape index (κ2) is 5.27. The van der Waals surface area contributed by atoms with E-state index in [0.29, 0.717) is 17.9 Å². The van der Waals surface area contributed by atoms with Crippen LogP contribution in [0.5, 0.6) is 11.5 Å². The molecule has 0 aliphatic heterocycles. The minimum absolute atomic E-state index is 0.0624. The van der Waals surface area contributed by atoms with Crippen LogP contribution in [0.15, 0.2) is 18.2 Å². The average Bonchev–Trinajstić information content (AvgIpc) is 3.15. The summed E-state index contributed by atoms with van der Waals surface area (Å²) in [6.07, 6.45) is 1.90. The van der Waals surface area contributed by atoms with E-state index in [0.717, 1.165) is 12.8 Å². The lowest BCUT2D eigenvalue weighted by atomic mass is 10.1. The third-order valence-electron chi connectivity index (χ3n) is 3.17. The number of rotatable bonds is 6. The lowest BCUT2D eigenvalue weighted by molar-refractivity contribution is -0.140. The molecule has 3 N–H and O–H groups in total. The van der Waals surface area contributed by atoms with Crippen LogP contribution in [0.25, 0.3) is 0 Å². The van der Waals surface area contributed by atoms with Gasteiger partial charge in [-0.3, -0.25) is 10.1 Å². The number of phenols is 1. The highest BCUT2D eigenvalue weighted by molar-refractivity contribution is 5.74. The first kappa shape index (κ1) is 12.7. The zero-order chi connectivity index (χ0) is 13.1. The Labute approximate surface area is 105 Å². The molecule has 18 heavy (non-hydrogen) atoms. The molecule has 0 spiro atoms. The molecule has 1 saturated carbocycles. The van der Waals surface area contributed by atoms with Crippen LogP contribution in [-0.4, -0.2) is 29.3 Å². The van der Waals surface area contributed by atoms with Crippen molar-refractivity contribution >= 4 is 5.97 Å². The molecule has 0 amide bonds. The van der Waals surface area contributed by atoms with Crippen LogP contribution in [0.2, 0.25) is 0 Å². The first-order valence-electron chi connectivity index (χ1n) is 5.94. The van der Waals surface area contributed by atoms with Gasteiger partial charge in [-0.2, -0.15) is 0 Å². The number of phenolic OH excluding ortho intramolecular Hbond substituents is 1. The molecule has 5 nitrogen and oxygen atoms in total. The number of carbonyl (C=O) groups is 1. The molecule has 1 aliphatic carbocycles. The van der Waals surface area contributed by atoms with Gasteiger partial charge in [-0.15, -0.1) is 0 Å². The Morgan fingerprint density at radius 3 is 2.83 bits per heavy atom. The molecule has 2 rings (SSSR count). The van der Waals surface area contributed by atoms with Crippen LogP contribution in [0.3, 0.4) is 0 Å². The van der Waals surface area contributed by atoms with E-state index in [9.17, 15) is 9.90 Å². The highest BCUT2D eigenvalue weighted by atomic mass is 16.5. The quantitative estimate of drug-likeness (QED) is 0.711. The Morgan fingerprint density at radius 1 is 1.56 bits per heavy atom. The van der Waals surface area contributed by atoms with Gasteiger partial charge in [0.05, 0.1) is 7.11 Å². The average molecular weight is 251 g/mol. The molecule has 5 heteroatoms. The monoisotopic (exact) mass is 251 g/mol. The van der Waals surface area contributed by atoms with Gasteiger partial charge in [-0.25, -0.2) is 0 Å². The van der Waals surface area contributed by atoms with Gasteiger partial charge < -0.3 is 14.9 Å². The number of para-hydroxylation sites is 1. The Hall–Kier alpha value is -1.75. The van der Waals surface area contributed by atoms with Crippen molar-refractivity contribution < 1.29 is 19.7 Å². The molecular weight excluding hydrogens is 234 g/mol. The minimum Gasteiger partial charge on any atom is -0.504 e. The van der Waals surface area contributed by atoms with Crippen LogP contribution in [-0.2, 0) is 11.3 Å². The predicted molar refractivity (Wildman–Crippen MR) is 65.6 cm³/mol. The molecule has 0 heterocycles. The highest BCUT2D eigenvalue weighted by Gasteiger charge is 2.35. The zero-order valence-corrected chi connectivity index (χ0v) is 10.2.